The zero-order chi connectivity index (χ0) is 31.2. The van der Waals surface area contributed by atoms with Crippen molar-refractivity contribution in [3.8, 4) is 11.3 Å². The number of fused-ring (bicyclic) bond motifs is 2. The summed E-state index contributed by atoms with van der Waals surface area (Å²) in [6.45, 7) is 7.09. The van der Waals surface area contributed by atoms with Crippen molar-refractivity contribution in [3.05, 3.63) is 46.1 Å². The first-order valence-corrected chi connectivity index (χ1v) is 14.5. The molecule has 2 N–H and O–H groups in total. The van der Waals surface area contributed by atoms with E-state index in [9.17, 15) is 37.5 Å². The normalized spacial score (nSPS) is 24.5. The van der Waals surface area contributed by atoms with Crippen LogP contribution < -0.4 is 5.32 Å². The van der Waals surface area contributed by atoms with E-state index in [2.05, 4.69) is 15.3 Å². The molecule has 1 aliphatic carbocycles. The lowest BCUT2D eigenvalue weighted by Gasteiger charge is -2.25. The van der Waals surface area contributed by atoms with Crippen LogP contribution in [0.4, 0.5) is 18.0 Å². The van der Waals surface area contributed by atoms with Crippen LogP contribution in [0.1, 0.15) is 53.7 Å². The lowest BCUT2D eigenvalue weighted by Crippen LogP contribution is -2.48. The SMILES string of the molecule is Cc1cc(C(F)(F)F)nc(-c2ccnc3cc(CN4C(=O)C5C(C4=O)C5(C)C)sc23)c1C(=O)N1CCC(C)(NC(=O)O)C1. The molecule has 3 atom stereocenters. The molecule has 0 aromatic carbocycles. The van der Waals surface area contributed by atoms with E-state index in [1.54, 1.807) is 13.0 Å². The van der Waals surface area contributed by atoms with Gasteiger partial charge >= 0.3 is 12.3 Å². The Balaban J connectivity index is 1.40. The fourth-order valence-corrected chi connectivity index (χ4v) is 7.62. The molecule has 14 heteroatoms. The number of alkyl halides is 3. The van der Waals surface area contributed by atoms with Gasteiger partial charge in [0, 0.05) is 29.7 Å². The maximum Gasteiger partial charge on any atom is 0.433 e. The van der Waals surface area contributed by atoms with Gasteiger partial charge in [0.2, 0.25) is 11.8 Å². The van der Waals surface area contributed by atoms with Crippen LogP contribution in [-0.4, -0.2) is 67.3 Å². The Labute approximate surface area is 247 Å². The highest BCUT2D eigenvalue weighted by molar-refractivity contribution is 7.19. The van der Waals surface area contributed by atoms with Crippen LogP contribution in [0.15, 0.2) is 24.4 Å². The van der Waals surface area contributed by atoms with Crippen molar-refractivity contribution in [2.75, 3.05) is 13.1 Å². The van der Waals surface area contributed by atoms with Crippen LogP contribution in [0.25, 0.3) is 21.5 Å². The van der Waals surface area contributed by atoms with E-state index in [1.807, 2.05) is 13.8 Å². The smallest absolute Gasteiger partial charge is 0.433 e. The number of carbonyl (C=O) groups is 4. The number of pyridine rings is 2. The minimum Gasteiger partial charge on any atom is -0.465 e. The van der Waals surface area contributed by atoms with Gasteiger partial charge in [-0.1, -0.05) is 13.8 Å². The minimum absolute atomic E-state index is 0.0188. The van der Waals surface area contributed by atoms with Gasteiger partial charge in [0.05, 0.1) is 45.4 Å². The number of nitrogens with zero attached hydrogens (tertiary/aromatic N) is 4. The number of carboxylic acid groups (broad SMARTS) is 1. The van der Waals surface area contributed by atoms with E-state index in [-0.39, 0.29) is 71.1 Å². The second kappa shape index (κ2) is 9.46. The van der Waals surface area contributed by atoms with Gasteiger partial charge in [0.15, 0.2) is 0 Å². The average molecular weight is 616 g/mol. The van der Waals surface area contributed by atoms with Gasteiger partial charge in [-0.15, -0.1) is 11.3 Å². The van der Waals surface area contributed by atoms with Crippen molar-refractivity contribution in [2.24, 2.45) is 17.3 Å². The van der Waals surface area contributed by atoms with E-state index >= 15 is 0 Å². The van der Waals surface area contributed by atoms with E-state index in [0.717, 1.165) is 6.07 Å². The lowest BCUT2D eigenvalue weighted by atomic mass is 9.99. The van der Waals surface area contributed by atoms with Gasteiger partial charge in [-0.3, -0.25) is 24.3 Å². The Morgan fingerprint density at radius 2 is 1.84 bits per heavy atom. The van der Waals surface area contributed by atoms with E-state index < -0.39 is 29.4 Å². The van der Waals surface area contributed by atoms with Gasteiger partial charge in [-0.25, -0.2) is 9.78 Å². The number of rotatable bonds is 5. The Hall–Kier alpha value is -4.07. The first kappa shape index (κ1) is 29.0. The molecule has 3 aromatic rings. The highest BCUT2D eigenvalue weighted by Crippen LogP contribution is 2.63. The largest absolute Gasteiger partial charge is 0.465 e. The Kier molecular flexibility index (Phi) is 6.39. The van der Waals surface area contributed by atoms with Crippen molar-refractivity contribution in [1.82, 2.24) is 25.1 Å². The predicted molar refractivity (Wildman–Crippen MR) is 149 cm³/mol. The van der Waals surface area contributed by atoms with Crippen molar-refractivity contribution in [1.29, 1.82) is 0 Å². The van der Waals surface area contributed by atoms with Crippen molar-refractivity contribution in [3.63, 3.8) is 0 Å². The van der Waals surface area contributed by atoms with Crippen molar-refractivity contribution >= 4 is 45.4 Å². The van der Waals surface area contributed by atoms with Gasteiger partial charge < -0.3 is 15.3 Å². The Morgan fingerprint density at radius 1 is 1.16 bits per heavy atom. The number of likely N-dealkylation sites (tertiary alicyclic amines) is 2. The first-order chi connectivity index (χ1) is 20.0. The molecular weight excluding hydrogens is 587 g/mol. The number of hydrogen-bond acceptors (Lipinski definition) is 7. The molecule has 0 spiro atoms. The Morgan fingerprint density at radius 3 is 2.47 bits per heavy atom. The summed E-state index contributed by atoms with van der Waals surface area (Å²) in [5.74, 6) is -1.71. The summed E-state index contributed by atoms with van der Waals surface area (Å²) in [6, 6.07) is 4.01. The van der Waals surface area contributed by atoms with Crippen LogP contribution >= 0.6 is 11.3 Å². The van der Waals surface area contributed by atoms with E-state index in [4.69, 9.17) is 0 Å². The summed E-state index contributed by atoms with van der Waals surface area (Å²) in [6.07, 6.45) is -4.28. The molecule has 5 heterocycles. The topological polar surface area (TPSA) is 133 Å². The molecule has 0 bridgehead atoms. The first-order valence-electron chi connectivity index (χ1n) is 13.6. The zero-order valence-corrected chi connectivity index (χ0v) is 24.5. The van der Waals surface area contributed by atoms with Crippen LogP contribution in [-0.2, 0) is 22.3 Å². The number of nitrogens with one attached hydrogen (secondary N) is 1. The quantitative estimate of drug-likeness (QED) is 0.398. The van der Waals surface area contributed by atoms with Gasteiger partial charge in [0.1, 0.15) is 5.69 Å². The summed E-state index contributed by atoms with van der Waals surface area (Å²) in [4.78, 5) is 62.5. The molecule has 226 valence electrons. The highest BCUT2D eigenvalue weighted by Gasteiger charge is 2.72. The van der Waals surface area contributed by atoms with Crippen LogP contribution in [0.3, 0.4) is 0 Å². The summed E-state index contributed by atoms with van der Waals surface area (Å²) in [5, 5.41) is 11.6. The lowest BCUT2D eigenvalue weighted by molar-refractivity contribution is -0.144. The predicted octanol–water partition coefficient (Wildman–Crippen LogP) is 4.70. The van der Waals surface area contributed by atoms with Crippen molar-refractivity contribution in [2.45, 2.75) is 52.4 Å². The molecule has 3 aliphatic rings. The third kappa shape index (κ3) is 4.71. The average Bonchev–Trinajstić information content (AvgIpc) is 3.24. The second-order valence-electron chi connectivity index (χ2n) is 12.3. The molecular formula is C29H28F3N5O5S. The number of imide groups is 1. The zero-order valence-electron chi connectivity index (χ0n) is 23.7. The number of carbonyl (C=O) groups excluding carboxylic acids is 3. The summed E-state index contributed by atoms with van der Waals surface area (Å²) in [5.41, 5.74) is -1.87. The standard InChI is InChI=1S/C29H28F3N5O5S/c1-13-9-17(29(30,31)32)34-21(18(13)23(38)36-8-6-28(4,12-36)35-26(41)42)15-5-7-33-16-10-14(43-22(15)16)11-37-24(39)19-20(25(37)40)27(19,2)3/h5,7,9-10,19-20,35H,6,8,11-12H2,1-4H3,(H,41,42). The molecule has 10 nitrogen and oxygen atoms in total. The maximum absolute atomic E-state index is 13.9. The summed E-state index contributed by atoms with van der Waals surface area (Å²) < 4.78 is 42.2. The molecule has 3 aromatic heterocycles. The van der Waals surface area contributed by atoms with Gasteiger partial charge in [0.25, 0.3) is 5.91 Å². The minimum atomic E-state index is -4.78. The molecule has 3 fully saturated rings. The number of thiophene rings is 1. The van der Waals surface area contributed by atoms with Crippen LogP contribution in [0.2, 0.25) is 0 Å². The molecule has 0 radical (unpaired) electrons. The third-order valence-corrected chi connectivity index (χ3v) is 9.96. The number of aromatic nitrogens is 2. The number of aryl methyl sites for hydroxylation is 1. The number of piperidine rings is 1. The second-order valence-corrected chi connectivity index (χ2v) is 13.5. The molecule has 6 rings (SSSR count). The number of halogens is 3. The summed E-state index contributed by atoms with van der Waals surface area (Å²) >= 11 is 1.17. The molecule has 3 unspecified atom stereocenters. The maximum atomic E-state index is 13.9. The number of hydrogen-bond donors (Lipinski definition) is 2. The third-order valence-electron chi connectivity index (χ3n) is 8.81. The monoisotopic (exact) mass is 615 g/mol. The van der Waals surface area contributed by atoms with Gasteiger partial charge in [-0.2, -0.15) is 13.2 Å². The summed E-state index contributed by atoms with van der Waals surface area (Å²) in [7, 11) is 0. The molecule has 2 aliphatic heterocycles. The van der Waals surface area contributed by atoms with Crippen LogP contribution in [0, 0.1) is 24.2 Å². The van der Waals surface area contributed by atoms with Gasteiger partial charge in [-0.05, 0) is 49.4 Å². The van der Waals surface area contributed by atoms with Crippen molar-refractivity contribution < 1.29 is 37.5 Å². The Bertz CT molecular complexity index is 1710. The number of amides is 4. The van der Waals surface area contributed by atoms with E-state index in [0.29, 0.717) is 21.5 Å². The molecule has 2 saturated heterocycles. The molecule has 4 amide bonds. The fraction of sp³-hybridized carbons (Fsp3) is 0.448. The highest BCUT2D eigenvalue weighted by atomic mass is 32.1. The van der Waals surface area contributed by atoms with Crippen LogP contribution in [0.5, 0.6) is 0 Å². The fourth-order valence-electron chi connectivity index (χ4n) is 6.50. The molecule has 43 heavy (non-hydrogen) atoms. The van der Waals surface area contributed by atoms with E-state index in [1.165, 1.54) is 40.3 Å². The molecule has 1 saturated carbocycles.